The van der Waals surface area contributed by atoms with Gasteiger partial charge in [0.25, 0.3) is 0 Å². The third kappa shape index (κ3) is 2.42. The van der Waals surface area contributed by atoms with Gasteiger partial charge in [0.2, 0.25) is 0 Å². The zero-order valence-electron chi connectivity index (χ0n) is 11.3. The SMILES string of the molecule is Cn1nc(CC(N)c2ccc(Cl)cc2)c2ccccc21. The smallest absolute Gasteiger partial charge is 0.0722 e. The number of rotatable bonds is 3. The molecule has 3 aromatic rings. The lowest BCUT2D eigenvalue weighted by atomic mass is 10.0. The van der Waals surface area contributed by atoms with Crippen LogP contribution in [0.2, 0.25) is 5.02 Å². The van der Waals surface area contributed by atoms with Gasteiger partial charge in [-0.2, -0.15) is 5.10 Å². The number of para-hydroxylation sites is 1. The van der Waals surface area contributed by atoms with Crippen LogP contribution in [-0.4, -0.2) is 9.78 Å². The van der Waals surface area contributed by atoms with Crippen molar-refractivity contribution in [2.45, 2.75) is 12.5 Å². The molecule has 1 heterocycles. The number of halogens is 1. The van der Waals surface area contributed by atoms with E-state index in [0.29, 0.717) is 6.42 Å². The summed E-state index contributed by atoms with van der Waals surface area (Å²) in [6.45, 7) is 0. The minimum atomic E-state index is -0.0782. The normalized spacial score (nSPS) is 12.8. The number of nitrogens with two attached hydrogens (primary N) is 1. The number of hydrogen-bond acceptors (Lipinski definition) is 2. The maximum absolute atomic E-state index is 6.29. The Morgan fingerprint density at radius 2 is 1.85 bits per heavy atom. The zero-order chi connectivity index (χ0) is 14.1. The second-order valence-electron chi connectivity index (χ2n) is 4.95. The molecule has 1 unspecified atom stereocenters. The van der Waals surface area contributed by atoms with Gasteiger partial charge in [-0.1, -0.05) is 41.9 Å². The fourth-order valence-electron chi connectivity index (χ4n) is 2.48. The van der Waals surface area contributed by atoms with Crippen molar-refractivity contribution in [2.24, 2.45) is 12.8 Å². The van der Waals surface area contributed by atoms with Crippen LogP contribution in [0.15, 0.2) is 48.5 Å². The van der Waals surface area contributed by atoms with E-state index in [1.807, 2.05) is 48.1 Å². The van der Waals surface area contributed by atoms with Crippen molar-refractivity contribution in [2.75, 3.05) is 0 Å². The molecule has 2 aromatic carbocycles. The highest BCUT2D eigenvalue weighted by molar-refractivity contribution is 6.30. The highest BCUT2D eigenvalue weighted by Crippen LogP contribution is 2.23. The molecule has 102 valence electrons. The lowest BCUT2D eigenvalue weighted by Crippen LogP contribution is -2.13. The second kappa shape index (κ2) is 5.27. The van der Waals surface area contributed by atoms with Gasteiger partial charge in [-0.25, -0.2) is 0 Å². The van der Waals surface area contributed by atoms with Gasteiger partial charge in [-0.05, 0) is 23.8 Å². The lowest BCUT2D eigenvalue weighted by molar-refractivity contribution is 0.682. The van der Waals surface area contributed by atoms with Gasteiger partial charge in [-0.3, -0.25) is 4.68 Å². The number of aryl methyl sites for hydroxylation is 1. The van der Waals surface area contributed by atoms with E-state index in [4.69, 9.17) is 17.3 Å². The molecule has 3 rings (SSSR count). The van der Waals surface area contributed by atoms with Crippen molar-refractivity contribution in [3.8, 4) is 0 Å². The average Bonchev–Trinajstić information content (AvgIpc) is 2.77. The second-order valence-corrected chi connectivity index (χ2v) is 5.39. The van der Waals surface area contributed by atoms with Crippen molar-refractivity contribution < 1.29 is 0 Å². The van der Waals surface area contributed by atoms with Crippen molar-refractivity contribution >= 4 is 22.5 Å². The first kappa shape index (κ1) is 13.2. The predicted molar refractivity (Wildman–Crippen MR) is 82.8 cm³/mol. The van der Waals surface area contributed by atoms with Crippen LogP contribution in [-0.2, 0) is 13.5 Å². The van der Waals surface area contributed by atoms with Gasteiger partial charge in [0, 0.05) is 29.9 Å². The summed E-state index contributed by atoms with van der Waals surface area (Å²) in [5.41, 5.74) is 9.52. The molecular weight excluding hydrogens is 270 g/mol. The Morgan fingerprint density at radius 1 is 1.15 bits per heavy atom. The number of benzene rings is 2. The van der Waals surface area contributed by atoms with E-state index < -0.39 is 0 Å². The highest BCUT2D eigenvalue weighted by atomic mass is 35.5. The van der Waals surface area contributed by atoms with E-state index in [9.17, 15) is 0 Å². The summed E-state index contributed by atoms with van der Waals surface area (Å²) >= 11 is 5.90. The van der Waals surface area contributed by atoms with Gasteiger partial charge in [0.1, 0.15) is 0 Å². The third-order valence-corrected chi connectivity index (χ3v) is 3.80. The van der Waals surface area contributed by atoms with Gasteiger partial charge in [0.05, 0.1) is 11.2 Å². The first-order chi connectivity index (χ1) is 9.65. The largest absolute Gasteiger partial charge is 0.324 e. The summed E-state index contributed by atoms with van der Waals surface area (Å²) in [4.78, 5) is 0. The van der Waals surface area contributed by atoms with Gasteiger partial charge in [0.15, 0.2) is 0 Å². The van der Waals surface area contributed by atoms with Gasteiger partial charge in [-0.15, -0.1) is 0 Å². The Morgan fingerprint density at radius 3 is 2.60 bits per heavy atom. The number of fused-ring (bicyclic) bond motifs is 1. The molecule has 1 atom stereocenters. The lowest BCUT2D eigenvalue weighted by Gasteiger charge is -2.10. The Labute approximate surface area is 123 Å². The average molecular weight is 286 g/mol. The van der Waals surface area contributed by atoms with E-state index in [1.54, 1.807) is 0 Å². The predicted octanol–water partition coefficient (Wildman–Crippen LogP) is 3.47. The molecule has 0 aliphatic rings. The fourth-order valence-corrected chi connectivity index (χ4v) is 2.60. The zero-order valence-corrected chi connectivity index (χ0v) is 12.0. The molecule has 0 saturated carbocycles. The summed E-state index contributed by atoms with van der Waals surface area (Å²) in [6.07, 6.45) is 0.711. The van der Waals surface area contributed by atoms with E-state index in [0.717, 1.165) is 21.8 Å². The molecule has 0 aliphatic heterocycles. The fraction of sp³-hybridized carbons (Fsp3) is 0.188. The third-order valence-electron chi connectivity index (χ3n) is 3.55. The molecule has 4 heteroatoms. The maximum Gasteiger partial charge on any atom is 0.0722 e. The van der Waals surface area contributed by atoms with Crippen molar-refractivity contribution in [1.29, 1.82) is 0 Å². The maximum atomic E-state index is 6.29. The van der Waals surface area contributed by atoms with Crippen molar-refractivity contribution in [3.63, 3.8) is 0 Å². The molecular formula is C16H16ClN3. The van der Waals surface area contributed by atoms with E-state index in [2.05, 4.69) is 17.2 Å². The number of nitrogens with zero attached hydrogens (tertiary/aromatic N) is 2. The molecule has 0 bridgehead atoms. The van der Waals surface area contributed by atoms with Crippen LogP contribution in [0.25, 0.3) is 10.9 Å². The molecule has 2 N–H and O–H groups in total. The minimum Gasteiger partial charge on any atom is -0.324 e. The van der Waals surface area contributed by atoms with Crippen LogP contribution >= 0.6 is 11.6 Å². The molecule has 0 aliphatic carbocycles. The minimum absolute atomic E-state index is 0.0782. The topological polar surface area (TPSA) is 43.8 Å². The molecule has 0 radical (unpaired) electrons. The molecule has 0 spiro atoms. The summed E-state index contributed by atoms with van der Waals surface area (Å²) in [7, 11) is 1.96. The number of aromatic nitrogens is 2. The van der Waals surface area contributed by atoms with E-state index >= 15 is 0 Å². The molecule has 3 nitrogen and oxygen atoms in total. The van der Waals surface area contributed by atoms with Crippen LogP contribution in [0, 0.1) is 0 Å². The first-order valence-electron chi connectivity index (χ1n) is 6.57. The van der Waals surface area contributed by atoms with Crippen LogP contribution in [0.5, 0.6) is 0 Å². The molecule has 0 fully saturated rings. The molecule has 1 aromatic heterocycles. The van der Waals surface area contributed by atoms with E-state index in [1.165, 1.54) is 5.39 Å². The highest BCUT2D eigenvalue weighted by Gasteiger charge is 2.13. The molecule has 0 saturated heterocycles. The van der Waals surface area contributed by atoms with Gasteiger partial charge >= 0.3 is 0 Å². The first-order valence-corrected chi connectivity index (χ1v) is 6.94. The van der Waals surface area contributed by atoms with Crippen LogP contribution in [0.1, 0.15) is 17.3 Å². The van der Waals surface area contributed by atoms with Crippen LogP contribution < -0.4 is 5.73 Å². The van der Waals surface area contributed by atoms with Crippen LogP contribution in [0.4, 0.5) is 0 Å². The van der Waals surface area contributed by atoms with Gasteiger partial charge < -0.3 is 5.73 Å². The quantitative estimate of drug-likeness (QED) is 0.801. The summed E-state index contributed by atoms with van der Waals surface area (Å²) in [5.74, 6) is 0. The Kier molecular flexibility index (Phi) is 3.47. The van der Waals surface area contributed by atoms with Crippen molar-refractivity contribution in [1.82, 2.24) is 9.78 Å². The standard InChI is InChI=1S/C16H16ClN3/c1-20-16-5-3-2-4-13(16)15(19-20)10-14(18)11-6-8-12(17)9-7-11/h2-9,14H,10,18H2,1H3. The molecule has 20 heavy (non-hydrogen) atoms. The Bertz CT molecular complexity index is 731. The number of hydrogen-bond donors (Lipinski definition) is 1. The molecule has 0 amide bonds. The summed E-state index contributed by atoms with van der Waals surface area (Å²) in [6, 6.07) is 15.8. The monoisotopic (exact) mass is 285 g/mol. The Hall–Kier alpha value is -1.84. The Balaban J connectivity index is 1.91. The summed E-state index contributed by atoms with van der Waals surface area (Å²) < 4.78 is 1.90. The van der Waals surface area contributed by atoms with Crippen molar-refractivity contribution in [3.05, 3.63) is 64.8 Å². The van der Waals surface area contributed by atoms with E-state index in [-0.39, 0.29) is 6.04 Å². The van der Waals surface area contributed by atoms with Crippen LogP contribution in [0.3, 0.4) is 0 Å². The summed E-state index contributed by atoms with van der Waals surface area (Å²) in [5, 5.41) is 6.48.